The van der Waals surface area contributed by atoms with E-state index in [4.69, 9.17) is 0 Å². The smallest absolute Gasteiger partial charge is 0.238 e. The van der Waals surface area contributed by atoms with E-state index in [1.54, 1.807) is 0 Å². The Bertz CT molecular complexity index is 413. The van der Waals surface area contributed by atoms with Crippen LogP contribution in [0.1, 0.15) is 38.7 Å². The number of hydrogen-bond donors (Lipinski definition) is 1. The van der Waals surface area contributed by atoms with Gasteiger partial charge in [0, 0.05) is 11.7 Å². The Morgan fingerprint density at radius 1 is 1.32 bits per heavy atom. The molecule has 0 aromatic heterocycles. The third-order valence-corrected chi connectivity index (χ3v) is 3.93. The summed E-state index contributed by atoms with van der Waals surface area (Å²) in [7, 11) is 0. The molecule has 0 aliphatic carbocycles. The van der Waals surface area contributed by atoms with Gasteiger partial charge in [-0.15, -0.1) is 0 Å². The van der Waals surface area contributed by atoms with Crippen molar-refractivity contribution in [2.75, 3.05) is 18.4 Å². The summed E-state index contributed by atoms with van der Waals surface area (Å²) in [5.74, 6) is 0.0954. The molecule has 1 aliphatic rings. The van der Waals surface area contributed by atoms with Gasteiger partial charge in [0.15, 0.2) is 0 Å². The summed E-state index contributed by atoms with van der Waals surface area (Å²) in [6.07, 6.45) is 4.73. The molecule has 104 valence electrons. The van der Waals surface area contributed by atoms with Crippen LogP contribution in [0.5, 0.6) is 0 Å². The van der Waals surface area contributed by atoms with Gasteiger partial charge in [0.05, 0.1) is 6.54 Å². The second-order valence-corrected chi connectivity index (χ2v) is 5.41. The summed E-state index contributed by atoms with van der Waals surface area (Å²) in [5.41, 5.74) is 2.19. The summed E-state index contributed by atoms with van der Waals surface area (Å²) < 4.78 is 0. The molecule has 0 spiro atoms. The van der Waals surface area contributed by atoms with Crippen molar-refractivity contribution < 1.29 is 4.79 Å². The third kappa shape index (κ3) is 4.06. The van der Waals surface area contributed by atoms with Crippen LogP contribution in [0.25, 0.3) is 0 Å². The summed E-state index contributed by atoms with van der Waals surface area (Å²) in [6, 6.07) is 8.63. The molecule has 0 radical (unpaired) electrons. The molecule has 3 nitrogen and oxygen atoms in total. The lowest BCUT2D eigenvalue weighted by Gasteiger charge is -2.32. The van der Waals surface area contributed by atoms with Crippen molar-refractivity contribution in [1.29, 1.82) is 0 Å². The van der Waals surface area contributed by atoms with Crippen LogP contribution < -0.4 is 5.32 Å². The van der Waals surface area contributed by atoms with E-state index >= 15 is 0 Å². The zero-order valence-electron chi connectivity index (χ0n) is 12.0. The number of nitrogens with one attached hydrogen (secondary N) is 1. The Labute approximate surface area is 116 Å². The summed E-state index contributed by atoms with van der Waals surface area (Å²) >= 11 is 0. The SMILES string of the molecule is CCc1ccc(NC(=O)CN2CCCC[C@@H]2C)cc1. The number of benzene rings is 1. The maximum absolute atomic E-state index is 12.0. The number of piperidine rings is 1. The van der Waals surface area contributed by atoms with E-state index in [1.165, 1.54) is 24.8 Å². The Hall–Kier alpha value is -1.35. The first-order valence-corrected chi connectivity index (χ1v) is 7.32. The van der Waals surface area contributed by atoms with Gasteiger partial charge in [0.2, 0.25) is 5.91 Å². The molecule has 1 amide bonds. The first-order chi connectivity index (χ1) is 9.19. The summed E-state index contributed by atoms with van der Waals surface area (Å²) in [6.45, 7) is 5.90. The quantitative estimate of drug-likeness (QED) is 0.902. The molecule has 0 bridgehead atoms. The van der Waals surface area contributed by atoms with Gasteiger partial charge in [-0.3, -0.25) is 9.69 Å². The maximum Gasteiger partial charge on any atom is 0.238 e. The van der Waals surface area contributed by atoms with Crippen molar-refractivity contribution >= 4 is 11.6 Å². The van der Waals surface area contributed by atoms with E-state index in [-0.39, 0.29) is 5.91 Å². The fourth-order valence-corrected chi connectivity index (χ4v) is 2.60. The van der Waals surface area contributed by atoms with E-state index in [0.29, 0.717) is 12.6 Å². The second kappa shape index (κ2) is 6.71. The number of carbonyl (C=O) groups is 1. The van der Waals surface area contributed by atoms with Crippen molar-refractivity contribution in [3.8, 4) is 0 Å². The third-order valence-electron chi connectivity index (χ3n) is 3.93. The molecule has 0 saturated carbocycles. The molecule has 1 saturated heterocycles. The Morgan fingerprint density at radius 3 is 2.68 bits per heavy atom. The maximum atomic E-state index is 12.0. The molecule has 0 unspecified atom stereocenters. The van der Waals surface area contributed by atoms with Gasteiger partial charge >= 0.3 is 0 Å². The van der Waals surface area contributed by atoms with Crippen molar-refractivity contribution in [1.82, 2.24) is 4.90 Å². The van der Waals surface area contributed by atoms with Gasteiger partial charge in [0.25, 0.3) is 0 Å². The largest absolute Gasteiger partial charge is 0.325 e. The summed E-state index contributed by atoms with van der Waals surface area (Å²) in [4.78, 5) is 14.3. The first kappa shape index (κ1) is 14.1. The van der Waals surface area contributed by atoms with Crippen molar-refractivity contribution in [2.24, 2.45) is 0 Å². The zero-order valence-corrected chi connectivity index (χ0v) is 12.0. The Kier molecular flexibility index (Phi) is 4.97. The average Bonchev–Trinajstić information content (AvgIpc) is 2.42. The van der Waals surface area contributed by atoms with E-state index in [1.807, 2.05) is 12.1 Å². The van der Waals surface area contributed by atoms with Gasteiger partial charge in [-0.2, -0.15) is 0 Å². The molecule has 1 aromatic rings. The van der Waals surface area contributed by atoms with E-state index in [0.717, 1.165) is 18.7 Å². The lowest BCUT2D eigenvalue weighted by Crippen LogP contribution is -2.42. The first-order valence-electron chi connectivity index (χ1n) is 7.32. The van der Waals surface area contributed by atoms with Crippen LogP contribution >= 0.6 is 0 Å². The molecule has 1 aliphatic heterocycles. The van der Waals surface area contributed by atoms with Gasteiger partial charge in [-0.05, 0) is 50.4 Å². The number of carbonyl (C=O) groups excluding carboxylic acids is 1. The number of amides is 1. The van der Waals surface area contributed by atoms with Crippen LogP contribution in [0.4, 0.5) is 5.69 Å². The zero-order chi connectivity index (χ0) is 13.7. The molecule has 1 N–H and O–H groups in total. The number of hydrogen-bond acceptors (Lipinski definition) is 2. The molecule has 1 aromatic carbocycles. The highest BCUT2D eigenvalue weighted by molar-refractivity contribution is 5.92. The fraction of sp³-hybridized carbons (Fsp3) is 0.562. The van der Waals surface area contributed by atoms with Gasteiger partial charge in [-0.25, -0.2) is 0 Å². The van der Waals surface area contributed by atoms with Crippen LogP contribution in [0, 0.1) is 0 Å². The topological polar surface area (TPSA) is 32.3 Å². The van der Waals surface area contributed by atoms with Crippen LogP contribution in [0.15, 0.2) is 24.3 Å². The number of aryl methyl sites for hydroxylation is 1. The molecule has 1 fully saturated rings. The van der Waals surface area contributed by atoms with E-state index < -0.39 is 0 Å². The van der Waals surface area contributed by atoms with E-state index in [9.17, 15) is 4.79 Å². The lowest BCUT2D eigenvalue weighted by molar-refractivity contribution is -0.118. The van der Waals surface area contributed by atoms with Crippen molar-refractivity contribution in [3.05, 3.63) is 29.8 Å². The predicted octanol–water partition coefficient (Wildman–Crippen LogP) is 3.06. The van der Waals surface area contributed by atoms with Crippen LogP contribution in [0.3, 0.4) is 0 Å². The van der Waals surface area contributed by atoms with E-state index in [2.05, 4.69) is 36.2 Å². The molecule has 3 heteroatoms. The highest BCUT2D eigenvalue weighted by Crippen LogP contribution is 2.16. The Balaban J connectivity index is 1.86. The van der Waals surface area contributed by atoms with Crippen LogP contribution in [0.2, 0.25) is 0 Å². The van der Waals surface area contributed by atoms with Gasteiger partial charge in [-0.1, -0.05) is 25.5 Å². The molecule has 19 heavy (non-hydrogen) atoms. The number of likely N-dealkylation sites (tertiary alicyclic amines) is 1. The van der Waals surface area contributed by atoms with Gasteiger partial charge in [0.1, 0.15) is 0 Å². The van der Waals surface area contributed by atoms with Crippen LogP contribution in [-0.2, 0) is 11.2 Å². The molecular formula is C16H24N2O. The minimum Gasteiger partial charge on any atom is -0.325 e. The normalized spacial score (nSPS) is 20.2. The van der Waals surface area contributed by atoms with Gasteiger partial charge < -0.3 is 5.32 Å². The average molecular weight is 260 g/mol. The second-order valence-electron chi connectivity index (χ2n) is 5.41. The number of nitrogens with zero attached hydrogens (tertiary/aromatic N) is 1. The minimum absolute atomic E-state index is 0.0954. The van der Waals surface area contributed by atoms with Crippen molar-refractivity contribution in [2.45, 2.75) is 45.6 Å². The lowest BCUT2D eigenvalue weighted by atomic mass is 10.0. The minimum atomic E-state index is 0.0954. The molecule has 1 atom stereocenters. The number of rotatable bonds is 4. The number of anilines is 1. The van der Waals surface area contributed by atoms with Crippen LogP contribution in [-0.4, -0.2) is 29.9 Å². The monoisotopic (exact) mass is 260 g/mol. The van der Waals surface area contributed by atoms with Crippen molar-refractivity contribution in [3.63, 3.8) is 0 Å². The predicted molar refractivity (Wildman–Crippen MR) is 79.3 cm³/mol. The molecular weight excluding hydrogens is 236 g/mol. The molecule has 1 heterocycles. The Morgan fingerprint density at radius 2 is 2.05 bits per heavy atom. The summed E-state index contributed by atoms with van der Waals surface area (Å²) in [5, 5.41) is 2.98. The fourth-order valence-electron chi connectivity index (χ4n) is 2.60. The highest BCUT2D eigenvalue weighted by Gasteiger charge is 2.20. The molecule has 2 rings (SSSR count). The highest BCUT2D eigenvalue weighted by atomic mass is 16.2. The standard InChI is InChI=1S/C16H24N2O/c1-3-14-7-9-15(10-8-14)17-16(19)12-18-11-5-4-6-13(18)2/h7-10,13H,3-6,11-12H2,1-2H3,(H,17,19)/t13-/m0/s1.